The monoisotopic (exact) mass is 396 g/mol. The van der Waals surface area contributed by atoms with Gasteiger partial charge in [0.15, 0.2) is 11.8 Å². The summed E-state index contributed by atoms with van der Waals surface area (Å²) in [5.74, 6) is 3.62. The zero-order valence-corrected chi connectivity index (χ0v) is 17.0. The second-order valence-corrected chi connectivity index (χ2v) is 7.24. The predicted octanol–water partition coefficient (Wildman–Crippen LogP) is 1.41. The summed E-state index contributed by atoms with van der Waals surface area (Å²) in [7, 11) is 3.46. The minimum Gasteiger partial charge on any atom is -0.377 e. The topological polar surface area (TPSA) is 105 Å². The molecule has 2 aromatic heterocycles. The number of H-pyrrole nitrogens is 1. The van der Waals surface area contributed by atoms with E-state index in [2.05, 4.69) is 41.7 Å². The Kier molecular flexibility index (Phi) is 6.04. The van der Waals surface area contributed by atoms with Crippen LogP contribution in [0.4, 0.5) is 0 Å². The maximum absolute atomic E-state index is 5.13. The summed E-state index contributed by atoms with van der Waals surface area (Å²) in [5.41, 5.74) is 2.11. The number of hydrogen-bond donors (Lipinski definition) is 3. The second-order valence-electron chi connectivity index (χ2n) is 7.24. The summed E-state index contributed by atoms with van der Waals surface area (Å²) >= 11 is 0. The van der Waals surface area contributed by atoms with Gasteiger partial charge in [-0.15, -0.1) is 0 Å². The number of methoxy groups -OCH3 is 1. The molecule has 3 aromatic rings. The molecule has 0 spiro atoms. The maximum Gasteiger partial charge on any atom is 0.191 e. The minimum atomic E-state index is 0.279. The van der Waals surface area contributed by atoms with Crippen LogP contribution in [0.1, 0.15) is 30.3 Å². The quantitative estimate of drug-likeness (QED) is 0.317. The first-order chi connectivity index (χ1) is 14.2. The van der Waals surface area contributed by atoms with E-state index >= 15 is 0 Å². The van der Waals surface area contributed by atoms with Crippen molar-refractivity contribution in [1.82, 2.24) is 35.4 Å². The molecule has 154 valence electrons. The van der Waals surface area contributed by atoms with Crippen LogP contribution in [0.15, 0.2) is 29.3 Å². The summed E-state index contributed by atoms with van der Waals surface area (Å²) in [4.78, 5) is 16.9. The lowest BCUT2D eigenvalue weighted by Crippen LogP contribution is -2.47. The smallest absolute Gasteiger partial charge is 0.191 e. The highest BCUT2D eigenvalue weighted by Gasteiger charge is 2.22. The molecular weight excluding hydrogens is 368 g/mol. The van der Waals surface area contributed by atoms with E-state index in [0.717, 1.165) is 73.2 Å². The first-order valence-corrected chi connectivity index (χ1v) is 10.1. The number of ether oxygens (including phenoxy) is 1. The Balaban J connectivity index is 1.23. The Morgan fingerprint density at radius 2 is 2.24 bits per heavy atom. The number of para-hydroxylation sites is 2. The van der Waals surface area contributed by atoms with E-state index in [1.165, 1.54) is 0 Å². The average molecular weight is 396 g/mol. The standard InChI is InChI=1S/C20H28N8O/c1-21-20(22-11-5-8-17-24-15-6-3-4-7-16(15)25-17)23-14-9-10-19-26-18(13-29-2)27-28(19)12-14/h3-4,6-7,14H,5,8-13H2,1-2H3,(H,24,25)(H2,21,22,23). The molecule has 0 aliphatic carbocycles. The molecule has 1 unspecified atom stereocenters. The Labute approximate surface area is 170 Å². The van der Waals surface area contributed by atoms with Crippen molar-refractivity contribution in [1.29, 1.82) is 0 Å². The largest absolute Gasteiger partial charge is 0.377 e. The van der Waals surface area contributed by atoms with Gasteiger partial charge in [0.1, 0.15) is 18.3 Å². The Hall–Kier alpha value is -2.94. The number of nitrogens with zero attached hydrogens (tertiary/aromatic N) is 5. The fourth-order valence-corrected chi connectivity index (χ4v) is 3.64. The van der Waals surface area contributed by atoms with Crippen molar-refractivity contribution in [2.24, 2.45) is 4.99 Å². The number of nitrogens with one attached hydrogen (secondary N) is 3. The van der Waals surface area contributed by atoms with Gasteiger partial charge in [-0.2, -0.15) is 5.10 Å². The van der Waals surface area contributed by atoms with E-state index < -0.39 is 0 Å². The molecule has 0 radical (unpaired) electrons. The molecule has 1 aliphatic heterocycles. The van der Waals surface area contributed by atoms with E-state index in [1.54, 1.807) is 14.2 Å². The number of fused-ring (bicyclic) bond motifs is 2. The van der Waals surface area contributed by atoms with E-state index in [1.807, 2.05) is 22.9 Å². The van der Waals surface area contributed by atoms with Crippen LogP contribution in [0.3, 0.4) is 0 Å². The third-order valence-corrected chi connectivity index (χ3v) is 5.06. The number of aromatic amines is 1. The van der Waals surface area contributed by atoms with Crippen molar-refractivity contribution in [2.75, 3.05) is 20.7 Å². The van der Waals surface area contributed by atoms with Crippen molar-refractivity contribution in [3.05, 3.63) is 41.7 Å². The van der Waals surface area contributed by atoms with Crippen molar-refractivity contribution >= 4 is 17.0 Å². The molecule has 3 N–H and O–H groups in total. The summed E-state index contributed by atoms with van der Waals surface area (Å²) in [5, 5.41) is 11.4. The summed E-state index contributed by atoms with van der Waals surface area (Å²) in [6.07, 6.45) is 3.77. The van der Waals surface area contributed by atoms with Crippen LogP contribution >= 0.6 is 0 Å². The van der Waals surface area contributed by atoms with Crippen molar-refractivity contribution in [2.45, 2.75) is 44.9 Å². The van der Waals surface area contributed by atoms with E-state index in [0.29, 0.717) is 6.61 Å². The lowest BCUT2D eigenvalue weighted by atomic mass is 10.1. The molecule has 9 heteroatoms. The van der Waals surface area contributed by atoms with E-state index in [-0.39, 0.29) is 6.04 Å². The number of aryl methyl sites for hydroxylation is 2. The summed E-state index contributed by atoms with van der Waals surface area (Å²) in [6.45, 7) is 2.06. The summed E-state index contributed by atoms with van der Waals surface area (Å²) < 4.78 is 7.11. The molecule has 9 nitrogen and oxygen atoms in total. The van der Waals surface area contributed by atoms with Gasteiger partial charge in [0.2, 0.25) is 0 Å². The molecule has 29 heavy (non-hydrogen) atoms. The lowest BCUT2D eigenvalue weighted by molar-refractivity contribution is 0.177. The number of aliphatic imine (C=N–C) groups is 1. The van der Waals surface area contributed by atoms with Gasteiger partial charge >= 0.3 is 0 Å². The first kappa shape index (κ1) is 19.4. The molecule has 0 saturated heterocycles. The highest BCUT2D eigenvalue weighted by Crippen LogP contribution is 2.14. The number of rotatable bonds is 7. The first-order valence-electron chi connectivity index (χ1n) is 10.1. The Morgan fingerprint density at radius 1 is 1.34 bits per heavy atom. The van der Waals surface area contributed by atoms with Crippen LogP contribution in [0.5, 0.6) is 0 Å². The Bertz CT molecular complexity index is 943. The van der Waals surface area contributed by atoms with Crippen LogP contribution in [0.2, 0.25) is 0 Å². The second kappa shape index (κ2) is 9.04. The zero-order chi connectivity index (χ0) is 20.1. The number of benzene rings is 1. The van der Waals surface area contributed by atoms with Crippen LogP contribution in [0, 0.1) is 0 Å². The third-order valence-electron chi connectivity index (χ3n) is 5.06. The van der Waals surface area contributed by atoms with Gasteiger partial charge in [0.05, 0.1) is 17.6 Å². The molecule has 3 heterocycles. The fraction of sp³-hybridized carbons (Fsp3) is 0.500. The van der Waals surface area contributed by atoms with Crippen LogP contribution in [-0.2, 0) is 30.7 Å². The normalized spacial score (nSPS) is 16.8. The van der Waals surface area contributed by atoms with Gasteiger partial charge in [-0.1, -0.05) is 12.1 Å². The van der Waals surface area contributed by atoms with Gasteiger partial charge in [-0.3, -0.25) is 4.99 Å². The van der Waals surface area contributed by atoms with Gasteiger partial charge in [-0.25, -0.2) is 14.6 Å². The fourth-order valence-electron chi connectivity index (χ4n) is 3.64. The zero-order valence-electron chi connectivity index (χ0n) is 17.0. The van der Waals surface area contributed by atoms with Crippen molar-refractivity contribution < 1.29 is 4.74 Å². The van der Waals surface area contributed by atoms with Crippen LogP contribution in [0.25, 0.3) is 11.0 Å². The highest BCUT2D eigenvalue weighted by atomic mass is 16.5. The van der Waals surface area contributed by atoms with Crippen molar-refractivity contribution in [3.63, 3.8) is 0 Å². The van der Waals surface area contributed by atoms with Gasteiger partial charge in [-0.05, 0) is 25.0 Å². The van der Waals surface area contributed by atoms with E-state index in [9.17, 15) is 0 Å². The molecule has 0 bridgehead atoms. The van der Waals surface area contributed by atoms with E-state index in [4.69, 9.17) is 4.74 Å². The van der Waals surface area contributed by atoms with Crippen LogP contribution < -0.4 is 10.6 Å². The molecule has 0 amide bonds. The highest BCUT2D eigenvalue weighted by molar-refractivity contribution is 5.80. The predicted molar refractivity (Wildman–Crippen MR) is 112 cm³/mol. The molecule has 0 saturated carbocycles. The SMILES string of the molecule is CN=C(NCCCc1nc2ccccc2[nH]1)NC1CCc2nc(COC)nn2C1. The molecule has 1 aliphatic rings. The minimum absolute atomic E-state index is 0.279. The number of aromatic nitrogens is 5. The van der Waals surface area contributed by atoms with Gasteiger partial charge in [0.25, 0.3) is 0 Å². The third kappa shape index (κ3) is 4.73. The molecular formula is C20H28N8O. The molecule has 4 rings (SSSR count). The summed E-state index contributed by atoms with van der Waals surface area (Å²) in [6, 6.07) is 8.39. The number of guanidine groups is 1. The average Bonchev–Trinajstić information content (AvgIpc) is 3.33. The number of imidazole rings is 1. The maximum atomic E-state index is 5.13. The van der Waals surface area contributed by atoms with Crippen molar-refractivity contribution in [3.8, 4) is 0 Å². The number of hydrogen-bond acceptors (Lipinski definition) is 5. The molecule has 0 fully saturated rings. The lowest BCUT2D eigenvalue weighted by Gasteiger charge is -2.25. The van der Waals surface area contributed by atoms with Crippen LogP contribution in [-0.4, -0.2) is 57.4 Å². The van der Waals surface area contributed by atoms with Gasteiger partial charge in [0, 0.05) is 39.6 Å². The molecule has 1 atom stereocenters. The van der Waals surface area contributed by atoms with Gasteiger partial charge < -0.3 is 20.4 Å². The Morgan fingerprint density at radius 3 is 3.07 bits per heavy atom. The molecule has 1 aromatic carbocycles.